The van der Waals surface area contributed by atoms with Gasteiger partial charge in [0.1, 0.15) is 22.2 Å². The lowest BCUT2D eigenvalue weighted by Gasteiger charge is -2.46. The topological polar surface area (TPSA) is 133 Å². The Labute approximate surface area is 367 Å². The molecule has 0 amide bonds. The number of hydrogen-bond acceptors (Lipinski definition) is 9. The number of nitrogens with two attached hydrogens (primary N) is 1. The number of H-pyrrole nitrogens is 1. The second-order valence-corrected chi connectivity index (χ2v) is 22.4. The number of aromatic nitrogens is 3. The van der Waals surface area contributed by atoms with Crippen LogP contribution in [0.25, 0.3) is 10.3 Å². The number of methoxy groups -OCH3 is 1. The van der Waals surface area contributed by atoms with Crippen LogP contribution >= 0.6 is 11.3 Å². The van der Waals surface area contributed by atoms with Gasteiger partial charge in [0, 0.05) is 12.0 Å². The van der Waals surface area contributed by atoms with Crippen molar-refractivity contribution >= 4 is 46.3 Å². The normalized spacial score (nSPS) is 18.1. The molecule has 2 aromatic heterocycles. The van der Waals surface area contributed by atoms with E-state index >= 15 is 0 Å². The van der Waals surface area contributed by atoms with E-state index in [1.165, 1.54) is 10.4 Å². The van der Waals surface area contributed by atoms with Crippen LogP contribution in [-0.2, 0) is 14.7 Å². The Kier molecular flexibility index (Phi) is 12.2. The molecule has 2 unspecified atom stereocenters. The van der Waals surface area contributed by atoms with Crippen LogP contribution in [0.15, 0.2) is 155 Å². The minimum atomic E-state index is -2.97. The number of benzene rings is 5. The highest BCUT2D eigenvalue weighted by molar-refractivity contribution is 7.16. The molecular weight excluding hydrogens is 811 g/mol. The average Bonchev–Trinajstić information content (AvgIpc) is 3.88. The number of nitrogens with zero attached hydrogens (tertiary/aromatic N) is 2. The highest BCUT2D eigenvalue weighted by atomic mass is 32.1. The summed E-state index contributed by atoms with van der Waals surface area (Å²) in [4.78, 5) is 36.1. The van der Waals surface area contributed by atoms with Crippen molar-refractivity contribution in [2.24, 2.45) is 11.7 Å². The van der Waals surface area contributed by atoms with Crippen molar-refractivity contribution in [1.29, 1.82) is 0 Å². The van der Waals surface area contributed by atoms with Gasteiger partial charge in [0.25, 0.3) is 13.9 Å². The van der Waals surface area contributed by atoms with Crippen LogP contribution in [0.5, 0.6) is 5.75 Å². The van der Waals surface area contributed by atoms with Gasteiger partial charge in [0.2, 0.25) is 5.95 Å². The van der Waals surface area contributed by atoms with E-state index in [0.717, 1.165) is 28.0 Å². The van der Waals surface area contributed by atoms with E-state index in [9.17, 15) is 9.59 Å². The predicted molar refractivity (Wildman–Crippen MR) is 252 cm³/mol. The van der Waals surface area contributed by atoms with E-state index in [1.54, 1.807) is 11.7 Å². The molecule has 12 heteroatoms. The van der Waals surface area contributed by atoms with Crippen LogP contribution in [0.4, 0.5) is 5.95 Å². The molecule has 0 radical (unpaired) electrons. The Morgan fingerprint density at radius 1 is 0.839 bits per heavy atom. The summed E-state index contributed by atoms with van der Waals surface area (Å²) in [5.41, 5.74) is 8.26. The standard InChI is InChI=1S/C50H55N5O5SSi/c1-7-41(60-62(49(3,4)5,38-24-16-10-17-25-38)39-26-18-11-19-27-39)42-32-40(33(2)51)46(59-42)55-44-43(61-48(55)57)45(56)53-47(52-44)54-50(34-20-12-8-13-21-34,35-22-14-9-15-23-35)36-28-30-37(58-6)31-29-36/h8-31,33,40-42,46H,7,32,51H2,1-6H3,(H2,52,53,54,56)/t33?,40-,41?,42-,46+/m0/s1. The molecule has 3 heterocycles. The number of ether oxygens (including phenoxy) is 2. The summed E-state index contributed by atoms with van der Waals surface area (Å²) in [6.45, 7) is 10.9. The first-order valence-electron chi connectivity index (χ1n) is 21.3. The van der Waals surface area contributed by atoms with Crippen molar-refractivity contribution in [3.63, 3.8) is 0 Å². The van der Waals surface area contributed by atoms with Gasteiger partial charge in [0.15, 0.2) is 5.65 Å². The fourth-order valence-corrected chi connectivity index (χ4v) is 15.0. The van der Waals surface area contributed by atoms with Crippen molar-refractivity contribution in [3.8, 4) is 5.75 Å². The van der Waals surface area contributed by atoms with Crippen molar-refractivity contribution in [3.05, 3.63) is 182 Å². The molecular formula is C50H55N5O5SSi. The second-order valence-electron chi connectivity index (χ2n) is 17.2. The zero-order chi connectivity index (χ0) is 43.6. The molecule has 0 spiro atoms. The summed E-state index contributed by atoms with van der Waals surface area (Å²) < 4.78 is 22.0. The molecule has 1 aliphatic heterocycles. The van der Waals surface area contributed by atoms with E-state index in [0.29, 0.717) is 18.6 Å². The third kappa shape index (κ3) is 7.75. The lowest BCUT2D eigenvalue weighted by molar-refractivity contribution is -0.0614. The number of hydrogen-bond donors (Lipinski definition) is 3. The minimum Gasteiger partial charge on any atom is -0.497 e. The number of rotatable bonds is 14. The first-order valence-corrected chi connectivity index (χ1v) is 24.0. The van der Waals surface area contributed by atoms with Gasteiger partial charge in [-0.3, -0.25) is 19.1 Å². The SMILES string of the molecule is CCC(O[Si](c1ccccc1)(c1ccccc1)C(C)(C)C)[C@@H]1C[C@@H](C(C)N)[C@H](n2c(=O)sc3c(=O)[nH]c(NC(c4ccccc4)(c4ccccc4)c4ccc(OC)cc4)nc32)O1. The van der Waals surface area contributed by atoms with E-state index in [4.69, 9.17) is 24.6 Å². The molecule has 5 atom stereocenters. The van der Waals surface area contributed by atoms with Gasteiger partial charge >= 0.3 is 4.87 Å². The molecule has 7 aromatic rings. The van der Waals surface area contributed by atoms with E-state index in [2.05, 4.69) is 86.5 Å². The lowest BCUT2D eigenvalue weighted by Crippen LogP contribution is -2.68. The molecule has 320 valence electrons. The second kappa shape index (κ2) is 17.6. The van der Waals surface area contributed by atoms with Crippen molar-refractivity contribution in [2.45, 2.75) is 82.5 Å². The first-order chi connectivity index (χ1) is 29.9. The van der Waals surface area contributed by atoms with Crippen LogP contribution in [0.1, 0.15) is 70.4 Å². The lowest BCUT2D eigenvalue weighted by atomic mass is 9.77. The Hall–Kier alpha value is -5.63. The first kappa shape index (κ1) is 43.0. The molecule has 10 nitrogen and oxygen atoms in total. The van der Waals surface area contributed by atoms with Gasteiger partial charge in [-0.2, -0.15) is 4.98 Å². The van der Waals surface area contributed by atoms with Gasteiger partial charge in [-0.05, 0) is 64.0 Å². The monoisotopic (exact) mass is 865 g/mol. The maximum Gasteiger partial charge on any atom is 0.311 e. The van der Waals surface area contributed by atoms with E-state index in [1.807, 2.05) is 104 Å². The van der Waals surface area contributed by atoms with Crippen LogP contribution in [0.3, 0.4) is 0 Å². The summed E-state index contributed by atoms with van der Waals surface area (Å²) >= 11 is 0.863. The van der Waals surface area contributed by atoms with Crippen molar-refractivity contribution in [1.82, 2.24) is 14.5 Å². The fourth-order valence-electron chi connectivity index (χ4n) is 9.35. The zero-order valence-electron chi connectivity index (χ0n) is 36.1. The molecule has 0 bridgehead atoms. The van der Waals surface area contributed by atoms with Gasteiger partial charge in [0.05, 0.1) is 19.3 Å². The average molecular weight is 866 g/mol. The molecule has 5 aromatic carbocycles. The number of aromatic amines is 1. The van der Waals surface area contributed by atoms with Crippen molar-refractivity contribution in [2.75, 3.05) is 12.4 Å². The molecule has 0 aliphatic carbocycles. The molecule has 0 saturated carbocycles. The number of nitrogens with one attached hydrogen (secondary N) is 2. The molecule has 62 heavy (non-hydrogen) atoms. The van der Waals surface area contributed by atoms with Crippen LogP contribution < -0.4 is 36.6 Å². The summed E-state index contributed by atoms with van der Waals surface area (Å²) in [5, 5.41) is 5.78. The third-order valence-electron chi connectivity index (χ3n) is 12.4. The minimum absolute atomic E-state index is 0.186. The maximum atomic E-state index is 14.3. The van der Waals surface area contributed by atoms with Crippen molar-refractivity contribution < 1.29 is 13.9 Å². The summed E-state index contributed by atoms with van der Waals surface area (Å²) in [6, 6.07) is 48.7. The van der Waals surface area contributed by atoms with Gasteiger partial charge in [-0.25, -0.2) is 0 Å². The van der Waals surface area contributed by atoms with Crippen LogP contribution in [-0.4, -0.2) is 48.2 Å². The molecule has 1 fully saturated rings. The van der Waals surface area contributed by atoms with Gasteiger partial charge in [-0.15, -0.1) is 0 Å². The molecule has 1 aliphatic rings. The quantitative estimate of drug-likeness (QED) is 0.0737. The molecule has 8 rings (SSSR count). The molecule has 4 N–H and O–H groups in total. The Bertz CT molecular complexity index is 2620. The molecule has 1 saturated heterocycles. The summed E-state index contributed by atoms with van der Waals surface area (Å²) in [7, 11) is -1.34. The zero-order valence-corrected chi connectivity index (χ0v) is 37.9. The smallest absolute Gasteiger partial charge is 0.311 e. The summed E-state index contributed by atoms with van der Waals surface area (Å²) in [6.07, 6.45) is -0.299. The van der Waals surface area contributed by atoms with E-state index < -0.39 is 31.7 Å². The highest BCUT2D eigenvalue weighted by Crippen LogP contribution is 2.44. The van der Waals surface area contributed by atoms with E-state index in [-0.39, 0.29) is 44.3 Å². The Balaban J connectivity index is 1.23. The summed E-state index contributed by atoms with van der Waals surface area (Å²) in [5.74, 6) is 0.614. The number of fused-ring (bicyclic) bond motifs is 1. The van der Waals surface area contributed by atoms with Gasteiger partial charge < -0.3 is 25.0 Å². The fraction of sp³-hybridized carbons (Fsp3) is 0.300. The van der Waals surface area contributed by atoms with Crippen LogP contribution in [0.2, 0.25) is 5.04 Å². The predicted octanol–water partition coefficient (Wildman–Crippen LogP) is 8.17. The number of thiazole rings is 1. The Morgan fingerprint density at radius 2 is 1.35 bits per heavy atom. The van der Waals surface area contributed by atoms with Crippen LogP contribution in [0, 0.1) is 5.92 Å². The number of anilines is 1. The largest absolute Gasteiger partial charge is 0.497 e. The highest BCUT2D eigenvalue weighted by Gasteiger charge is 2.53. The third-order valence-corrected chi connectivity index (χ3v) is 18.4. The maximum absolute atomic E-state index is 14.3. The van der Waals surface area contributed by atoms with Gasteiger partial charge in [-0.1, -0.05) is 172 Å². The Morgan fingerprint density at radius 3 is 1.84 bits per heavy atom.